The van der Waals surface area contributed by atoms with E-state index in [9.17, 15) is 25.9 Å². The van der Waals surface area contributed by atoms with Gasteiger partial charge in [-0.05, 0) is 41.1 Å². The quantitative estimate of drug-likeness (QED) is 0.354. The molecule has 0 amide bonds. The van der Waals surface area contributed by atoms with Crippen molar-refractivity contribution in [1.29, 1.82) is 0 Å². The number of rotatable bonds is 7. The molecule has 1 saturated heterocycles. The summed E-state index contributed by atoms with van der Waals surface area (Å²) >= 11 is 0. The maximum atomic E-state index is 11.2. The minimum atomic E-state index is -4.91. The predicted octanol–water partition coefficient (Wildman–Crippen LogP) is 1.84. The van der Waals surface area contributed by atoms with Crippen LogP contribution < -0.4 is 13.3 Å². The van der Waals surface area contributed by atoms with E-state index in [4.69, 9.17) is 4.18 Å². The molecule has 0 N–H and O–H groups in total. The molecule has 1 aliphatic heterocycles. The lowest BCUT2D eigenvalue weighted by molar-refractivity contribution is 0.248. The van der Waals surface area contributed by atoms with Gasteiger partial charge in [-0.1, -0.05) is 30.3 Å². The predicted molar refractivity (Wildman–Crippen MR) is 119 cm³/mol. The fraction of sp³-hybridized carbons (Fsp3) is 0.238. The van der Waals surface area contributed by atoms with Crippen LogP contribution in [0.25, 0.3) is 10.8 Å². The van der Waals surface area contributed by atoms with E-state index in [1.165, 1.54) is 18.2 Å². The first-order valence-electron chi connectivity index (χ1n) is 9.96. The molecule has 1 aliphatic rings. The summed E-state index contributed by atoms with van der Waals surface area (Å²) in [5, 5.41) is 1.72. The molecule has 1 fully saturated rings. The summed E-state index contributed by atoms with van der Waals surface area (Å²) in [6.07, 6.45) is 0. The Morgan fingerprint density at radius 2 is 1.39 bits per heavy atom. The van der Waals surface area contributed by atoms with Crippen LogP contribution in [0.2, 0.25) is 0 Å². The molecule has 0 saturated carbocycles. The third-order valence-corrected chi connectivity index (χ3v) is 6.12. The number of nitrogens with zero attached hydrogens (tertiary/aromatic N) is 2. The SMILES string of the molecule is O=S(=O)([O-])Oc1ccc(N2CCN(Cc3c(OS(=O)(=O)[O-])ccc4ccccc34)CC2)cc1. The van der Waals surface area contributed by atoms with Gasteiger partial charge in [0.1, 0.15) is 11.5 Å². The van der Waals surface area contributed by atoms with Crippen molar-refractivity contribution in [2.75, 3.05) is 31.1 Å². The first-order chi connectivity index (χ1) is 15.6. The average Bonchev–Trinajstić information content (AvgIpc) is 2.74. The van der Waals surface area contributed by atoms with Crippen molar-refractivity contribution in [3.05, 3.63) is 66.2 Å². The van der Waals surface area contributed by atoms with E-state index < -0.39 is 20.8 Å². The van der Waals surface area contributed by atoms with Gasteiger partial charge < -0.3 is 22.4 Å². The van der Waals surface area contributed by atoms with Crippen molar-refractivity contribution < 1.29 is 34.3 Å². The third-order valence-electron chi connectivity index (χ3n) is 5.34. The molecule has 0 aromatic heterocycles. The first kappa shape index (κ1) is 23.3. The van der Waals surface area contributed by atoms with Gasteiger partial charge >= 0.3 is 0 Å². The van der Waals surface area contributed by atoms with Crippen molar-refractivity contribution >= 4 is 37.3 Å². The largest absolute Gasteiger partial charge is 0.716 e. The molecule has 3 aromatic carbocycles. The van der Waals surface area contributed by atoms with Gasteiger partial charge in [-0.3, -0.25) is 4.90 Å². The number of anilines is 1. The number of hydrogen-bond donors (Lipinski definition) is 0. The highest BCUT2D eigenvalue weighted by atomic mass is 32.3. The second-order valence-electron chi connectivity index (χ2n) is 7.50. The summed E-state index contributed by atoms with van der Waals surface area (Å²) < 4.78 is 74.8. The lowest BCUT2D eigenvalue weighted by atomic mass is 10.0. The van der Waals surface area contributed by atoms with Gasteiger partial charge in [0.05, 0.1) is 0 Å². The van der Waals surface area contributed by atoms with Crippen LogP contribution >= 0.6 is 0 Å². The maximum Gasteiger partial charge on any atom is 0.262 e. The van der Waals surface area contributed by atoms with Gasteiger partial charge in [0, 0.05) is 44.0 Å². The summed E-state index contributed by atoms with van der Waals surface area (Å²) in [7, 11) is -9.73. The fourth-order valence-corrected chi connectivity index (χ4v) is 4.61. The molecule has 0 spiro atoms. The minimum Gasteiger partial charge on any atom is -0.716 e. The van der Waals surface area contributed by atoms with Crippen molar-refractivity contribution in [2.45, 2.75) is 6.54 Å². The van der Waals surface area contributed by atoms with Crippen LogP contribution in [0.4, 0.5) is 5.69 Å². The number of piperazine rings is 1. The first-order valence-corrected chi connectivity index (χ1v) is 12.6. The number of fused-ring (bicyclic) bond motifs is 1. The smallest absolute Gasteiger partial charge is 0.262 e. The second-order valence-corrected chi connectivity index (χ2v) is 9.47. The van der Waals surface area contributed by atoms with Crippen LogP contribution in [0.1, 0.15) is 5.56 Å². The lowest BCUT2D eigenvalue weighted by Gasteiger charge is -2.36. The summed E-state index contributed by atoms with van der Waals surface area (Å²) in [4.78, 5) is 4.22. The van der Waals surface area contributed by atoms with E-state index in [1.54, 1.807) is 18.2 Å². The van der Waals surface area contributed by atoms with E-state index in [0.29, 0.717) is 38.3 Å². The lowest BCUT2D eigenvalue weighted by Crippen LogP contribution is -2.46. The van der Waals surface area contributed by atoms with Crippen LogP contribution in [-0.4, -0.2) is 57.0 Å². The summed E-state index contributed by atoms with van der Waals surface area (Å²) in [5.74, 6) is -0.0285. The van der Waals surface area contributed by atoms with Crippen LogP contribution in [0, 0.1) is 0 Å². The van der Waals surface area contributed by atoms with Crippen LogP contribution in [0.3, 0.4) is 0 Å². The Kier molecular flexibility index (Phi) is 6.45. The third kappa shape index (κ3) is 6.12. The van der Waals surface area contributed by atoms with Gasteiger partial charge in [0.15, 0.2) is 0 Å². The Bertz CT molecular complexity index is 1350. The van der Waals surface area contributed by atoms with Crippen LogP contribution in [0.5, 0.6) is 11.5 Å². The molecule has 0 bridgehead atoms. The molecule has 0 atom stereocenters. The van der Waals surface area contributed by atoms with E-state index in [-0.39, 0.29) is 11.5 Å². The minimum absolute atomic E-state index is 0.0232. The molecule has 12 heteroatoms. The molecule has 4 rings (SSSR count). The molecule has 1 heterocycles. The topological polar surface area (TPSA) is 139 Å². The van der Waals surface area contributed by atoms with Gasteiger partial charge in [-0.2, -0.15) is 0 Å². The highest BCUT2D eigenvalue weighted by Crippen LogP contribution is 2.31. The number of benzene rings is 3. The zero-order valence-corrected chi connectivity index (χ0v) is 18.9. The molecule has 0 radical (unpaired) electrons. The molecule has 0 unspecified atom stereocenters. The Balaban J connectivity index is 1.47. The van der Waals surface area contributed by atoms with E-state index in [1.807, 2.05) is 24.3 Å². The van der Waals surface area contributed by atoms with Gasteiger partial charge in [-0.15, -0.1) is 0 Å². The van der Waals surface area contributed by atoms with Crippen LogP contribution in [-0.2, 0) is 27.3 Å². The maximum absolute atomic E-state index is 11.2. The molecule has 0 aliphatic carbocycles. The Morgan fingerprint density at radius 1 is 0.758 bits per heavy atom. The average molecular weight is 493 g/mol. The standard InChI is InChI=1S/C21H22N2O8S2/c24-32(25,26)30-18-8-6-17(7-9-18)23-13-11-22(12-14-23)15-20-19-4-2-1-3-16(19)5-10-21(20)31-33(27,28)29/h1-10H,11-15H2,(H,24,25,26)(H,27,28,29)/p-2. The summed E-state index contributed by atoms with van der Waals surface area (Å²) in [6.45, 7) is 3.01. The number of hydrogen-bond acceptors (Lipinski definition) is 10. The van der Waals surface area contributed by atoms with Gasteiger partial charge in [0.25, 0.3) is 20.8 Å². The summed E-state index contributed by atoms with van der Waals surface area (Å²) in [5.41, 5.74) is 1.47. The monoisotopic (exact) mass is 492 g/mol. The van der Waals surface area contributed by atoms with Crippen molar-refractivity contribution in [2.24, 2.45) is 0 Å². The molecule has 3 aromatic rings. The fourth-order valence-electron chi connectivity index (χ4n) is 3.89. The second kappa shape index (κ2) is 9.15. The zero-order chi connectivity index (χ0) is 23.6. The van der Waals surface area contributed by atoms with Crippen LogP contribution in [0.15, 0.2) is 60.7 Å². The Labute approximate surface area is 191 Å². The molecular formula is C21H20N2O8S2-2. The van der Waals surface area contributed by atoms with Gasteiger partial charge in [0.2, 0.25) is 0 Å². The molecule has 10 nitrogen and oxygen atoms in total. The Hall–Kier alpha value is -2.90. The van der Waals surface area contributed by atoms with Crippen molar-refractivity contribution in [3.8, 4) is 11.5 Å². The van der Waals surface area contributed by atoms with Crippen molar-refractivity contribution in [3.63, 3.8) is 0 Å². The Morgan fingerprint density at radius 3 is 2.03 bits per heavy atom. The molecule has 176 valence electrons. The van der Waals surface area contributed by atoms with E-state index in [2.05, 4.69) is 14.0 Å². The zero-order valence-electron chi connectivity index (χ0n) is 17.3. The normalized spacial score (nSPS) is 15.5. The van der Waals surface area contributed by atoms with E-state index in [0.717, 1.165) is 16.5 Å². The van der Waals surface area contributed by atoms with Crippen molar-refractivity contribution in [1.82, 2.24) is 4.90 Å². The van der Waals surface area contributed by atoms with Gasteiger partial charge in [-0.25, -0.2) is 16.8 Å². The van der Waals surface area contributed by atoms with E-state index >= 15 is 0 Å². The molecule has 33 heavy (non-hydrogen) atoms. The highest BCUT2D eigenvalue weighted by Gasteiger charge is 2.20. The summed E-state index contributed by atoms with van der Waals surface area (Å²) in [6, 6.07) is 16.9. The molecular weight excluding hydrogens is 472 g/mol. The highest BCUT2D eigenvalue weighted by molar-refractivity contribution is 7.81.